The summed E-state index contributed by atoms with van der Waals surface area (Å²) in [7, 11) is 0. The summed E-state index contributed by atoms with van der Waals surface area (Å²) in [5, 5.41) is 0. The summed E-state index contributed by atoms with van der Waals surface area (Å²) >= 11 is 0. The van der Waals surface area contributed by atoms with Gasteiger partial charge in [-0.15, -0.1) is 0 Å². The summed E-state index contributed by atoms with van der Waals surface area (Å²) in [6.45, 7) is 0. The van der Waals surface area contributed by atoms with Gasteiger partial charge >= 0.3 is 0 Å². The molecule has 2 atom stereocenters. The van der Waals surface area contributed by atoms with Gasteiger partial charge in [-0.2, -0.15) is 0 Å². The van der Waals surface area contributed by atoms with Gasteiger partial charge in [-0.05, 0) is 30.1 Å². The van der Waals surface area contributed by atoms with E-state index < -0.39 is 0 Å². The highest BCUT2D eigenvalue weighted by Gasteiger charge is 2.49. The van der Waals surface area contributed by atoms with Crippen LogP contribution in [0.4, 0.5) is 0 Å². The van der Waals surface area contributed by atoms with Crippen molar-refractivity contribution in [2.24, 2.45) is 23.7 Å². The van der Waals surface area contributed by atoms with Gasteiger partial charge in [-0.25, -0.2) is 0 Å². The predicted octanol–water partition coefficient (Wildman–Crippen LogP) is 1.69. The number of rotatable bonds is 0. The average Bonchev–Trinajstić information content (AvgIpc) is 2.68. The fraction of sp³-hybridized carbons (Fsp3) is 0.444. The smallest absolute Gasteiger partial charge is 0.00157 e. The summed E-state index contributed by atoms with van der Waals surface area (Å²) in [4.78, 5) is 0. The molecule has 9 heavy (non-hydrogen) atoms. The molecule has 44 valence electrons. The number of allylic oxidation sites excluding steroid dienone is 4. The van der Waals surface area contributed by atoms with E-state index in [-0.39, 0.29) is 0 Å². The van der Waals surface area contributed by atoms with E-state index in [4.69, 9.17) is 0 Å². The fourth-order valence-electron chi connectivity index (χ4n) is 1.99. The third-order valence-corrected chi connectivity index (χ3v) is 2.60. The molecule has 1 fully saturated rings. The first kappa shape index (κ1) is 4.32. The number of hydrogen-bond acceptors (Lipinski definition) is 0. The highest BCUT2D eigenvalue weighted by Crippen LogP contribution is 2.55. The topological polar surface area (TPSA) is 0 Å². The Bertz CT molecular complexity index is 166. The van der Waals surface area contributed by atoms with Crippen molar-refractivity contribution in [3.05, 3.63) is 30.7 Å². The molecule has 0 nitrogen and oxygen atoms in total. The monoisotopic (exact) mass is 116 g/mol. The Kier molecular flexibility index (Phi) is 0.555. The van der Waals surface area contributed by atoms with Crippen LogP contribution in [0.3, 0.4) is 0 Å². The first-order chi connectivity index (χ1) is 4.45. The van der Waals surface area contributed by atoms with Crippen LogP contribution in [0.25, 0.3) is 0 Å². The molecule has 4 rings (SSSR count). The first-order valence-electron chi connectivity index (χ1n) is 3.58. The minimum Gasteiger partial charge on any atom is -0.0807 e. The van der Waals surface area contributed by atoms with Gasteiger partial charge < -0.3 is 0 Å². The van der Waals surface area contributed by atoms with E-state index in [1.807, 2.05) is 0 Å². The van der Waals surface area contributed by atoms with E-state index in [9.17, 15) is 0 Å². The molecule has 0 amide bonds. The van der Waals surface area contributed by atoms with Crippen LogP contribution in [0.2, 0.25) is 0 Å². The zero-order chi connectivity index (χ0) is 5.84. The average molecular weight is 116 g/mol. The van der Waals surface area contributed by atoms with Crippen molar-refractivity contribution in [1.29, 1.82) is 0 Å². The molecule has 0 N–H and O–H groups in total. The highest BCUT2D eigenvalue weighted by molar-refractivity contribution is 5.33. The number of hydrogen-bond donors (Lipinski definition) is 0. The Balaban J connectivity index is 2.13. The molecular formula is C9H8. The summed E-state index contributed by atoms with van der Waals surface area (Å²) in [6, 6.07) is 0. The van der Waals surface area contributed by atoms with Crippen LogP contribution < -0.4 is 0 Å². The van der Waals surface area contributed by atoms with Crippen molar-refractivity contribution < 1.29 is 0 Å². The molecule has 0 heteroatoms. The molecule has 4 aliphatic carbocycles. The lowest BCUT2D eigenvalue weighted by atomic mass is 9.82. The molecule has 0 aromatic rings. The first-order valence-corrected chi connectivity index (χ1v) is 3.58. The maximum atomic E-state index is 3.47. The third kappa shape index (κ3) is 0.407. The highest BCUT2D eigenvalue weighted by atomic mass is 14.5. The zero-order valence-electron chi connectivity index (χ0n) is 5.12. The van der Waals surface area contributed by atoms with E-state index in [0.29, 0.717) is 0 Å². The minimum atomic E-state index is 0.722. The molecule has 4 aliphatic rings. The molecule has 2 unspecified atom stereocenters. The van der Waals surface area contributed by atoms with Crippen molar-refractivity contribution in [1.82, 2.24) is 0 Å². The van der Waals surface area contributed by atoms with E-state index in [0.717, 1.165) is 23.7 Å². The molecule has 0 saturated heterocycles. The lowest BCUT2D eigenvalue weighted by Crippen LogP contribution is -2.14. The second kappa shape index (κ2) is 1.16. The molecule has 2 bridgehead atoms. The van der Waals surface area contributed by atoms with E-state index in [2.05, 4.69) is 30.7 Å². The van der Waals surface area contributed by atoms with Crippen molar-refractivity contribution >= 4 is 0 Å². The van der Waals surface area contributed by atoms with Gasteiger partial charge in [0.2, 0.25) is 0 Å². The SMILES string of the molecule is [C]1C2C3C=CC(C=C3)C12. The molecule has 0 aliphatic heterocycles. The second-order valence-corrected chi connectivity index (χ2v) is 3.14. The van der Waals surface area contributed by atoms with E-state index >= 15 is 0 Å². The van der Waals surface area contributed by atoms with Gasteiger partial charge in [0.1, 0.15) is 0 Å². The van der Waals surface area contributed by atoms with Crippen LogP contribution in [-0.2, 0) is 0 Å². The Hall–Kier alpha value is -0.520. The van der Waals surface area contributed by atoms with Crippen LogP contribution in [-0.4, -0.2) is 0 Å². The molecule has 0 aromatic heterocycles. The maximum Gasteiger partial charge on any atom is -0.00157 e. The summed E-state index contributed by atoms with van der Waals surface area (Å²) in [6.07, 6.45) is 12.8. The van der Waals surface area contributed by atoms with Gasteiger partial charge in [-0.3, -0.25) is 0 Å². The van der Waals surface area contributed by atoms with Crippen molar-refractivity contribution in [3.8, 4) is 0 Å². The standard InChI is InChI=1S/C9H8/c1-2-7-4-3-6(1)8-5-9(7)8/h1-4,6-9H. The molecular weight excluding hydrogens is 108 g/mol. The van der Waals surface area contributed by atoms with Crippen LogP contribution >= 0.6 is 0 Å². The summed E-state index contributed by atoms with van der Waals surface area (Å²) in [5.74, 6) is 3.06. The Morgan fingerprint density at radius 2 is 1.22 bits per heavy atom. The molecule has 0 aromatic carbocycles. The van der Waals surface area contributed by atoms with Gasteiger partial charge in [-0.1, -0.05) is 24.3 Å². The van der Waals surface area contributed by atoms with Crippen LogP contribution in [0.5, 0.6) is 0 Å². The van der Waals surface area contributed by atoms with E-state index in [1.165, 1.54) is 0 Å². The van der Waals surface area contributed by atoms with Crippen LogP contribution in [0, 0.1) is 30.1 Å². The van der Waals surface area contributed by atoms with Gasteiger partial charge in [0.25, 0.3) is 0 Å². The molecule has 1 saturated carbocycles. The Labute approximate surface area is 55.3 Å². The lowest BCUT2D eigenvalue weighted by Gasteiger charge is -2.22. The maximum absolute atomic E-state index is 3.47. The van der Waals surface area contributed by atoms with E-state index in [1.54, 1.807) is 0 Å². The van der Waals surface area contributed by atoms with Crippen LogP contribution in [0.15, 0.2) is 24.3 Å². The van der Waals surface area contributed by atoms with Gasteiger partial charge in [0.05, 0.1) is 0 Å². The van der Waals surface area contributed by atoms with Gasteiger partial charge in [0, 0.05) is 0 Å². The van der Waals surface area contributed by atoms with Crippen LogP contribution in [0.1, 0.15) is 0 Å². The molecule has 2 radical (unpaired) electrons. The van der Waals surface area contributed by atoms with Crippen molar-refractivity contribution in [2.75, 3.05) is 0 Å². The normalized spacial score (nSPS) is 57.8. The Morgan fingerprint density at radius 3 is 1.56 bits per heavy atom. The van der Waals surface area contributed by atoms with Crippen molar-refractivity contribution in [2.45, 2.75) is 0 Å². The van der Waals surface area contributed by atoms with Gasteiger partial charge in [0.15, 0.2) is 0 Å². The second-order valence-electron chi connectivity index (χ2n) is 3.14. The third-order valence-electron chi connectivity index (χ3n) is 2.60. The summed E-state index contributed by atoms with van der Waals surface area (Å²) in [5.41, 5.74) is 0. The summed E-state index contributed by atoms with van der Waals surface area (Å²) < 4.78 is 0. The lowest BCUT2D eigenvalue weighted by molar-refractivity contribution is 0.499. The van der Waals surface area contributed by atoms with Crippen molar-refractivity contribution in [3.63, 3.8) is 0 Å². The molecule has 0 spiro atoms. The molecule has 0 heterocycles. The quantitative estimate of drug-likeness (QED) is 0.422. The zero-order valence-corrected chi connectivity index (χ0v) is 5.12. The minimum absolute atomic E-state index is 0.722. The largest absolute Gasteiger partial charge is 0.0807 e. The predicted molar refractivity (Wildman–Crippen MR) is 35.5 cm³/mol. The Morgan fingerprint density at radius 1 is 0.778 bits per heavy atom. The fourth-order valence-corrected chi connectivity index (χ4v) is 1.99.